The number of rotatable bonds is 5. The van der Waals surface area contributed by atoms with Gasteiger partial charge in [0.05, 0.1) is 15.9 Å². The molecule has 10 heteroatoms. The number of nitrogens with zero attached hydrogens (tertiary/aromatic N) is 5. The molecule has 0 spiro atoms. The lowest BCUT2D eigenvalue weighted by Gasteiger charge is -2.28. The molecule has 1 aromatic rings. The van der Waals surface area contributed by atoms with Gasteiger partial charge in [-0.3, -0.25) is 20.2 Å². The first-order valence-corrected chi connectivity index (χ1v) is 7.46. The van der Waals surface area contributed by atoms with E-state index in [0.717, 1.165) is 31.5 Å². The predicted octanol–water partition coefficient (Wildman–Crippen LogP) is 2.84. The molecule has 1 aliphatic heterocycles. The van der Waals surface area contributed by atoms with Crippen molar-refractivity contribution in [3.63, 3.8) is 0 Å². The second-order valence-electron chi connectivity index (χ2n) is 5.35. The Bertz CT molecular complexity index is 799. The van der Waals surface area contributed by atoms with Gasteiger partial charge in [-0.1, -0.05) is 0 Å². The lowest BCUT2D eigenvalue weighted by Crippen LogP contribution is -2.30. The minimum absolute atomic E-state index is 0.0147. The van der Waals surface area contributed by atoms with Crippen molar-refractivity contribution in [3.05, 3.63) is 44.1 Å². The van der Waals surface area contributed by atoms with Crippen LogP contribution in [-0.2, 0) is 0 Å². The maximum atomic E-state index is 11.3. The summed E-state index contributed by atoms with van der Waals surface area (Å²) in [6, 6.07) is 5.48. The predicted molar refractivity (Wildman–Crippen MR) is 88.7 cm³/mol. The van der Waals surface area contributed by atoms with Crippen molar-refractivity contribution in [2.75, 3.05) is 23.3 Å². The van der Waals surface area contributed by atoms with Crippen LogP contribution in [0.1, 0.15) is 19.3 Å². The van der Waals surface area contributed by atoms with Crippen LogP contribution < -0.4 is 10.2 Å². The number of nitriles is 2. The average Bonchev–Trinajstić information content (AvgIpc) is 2.62. The van der Waals surface area contributed by atoms with E-state index in [2.05, 4.69) is 5.32 Å². The van der Waals surface area contributed by atoms with Crippen LogP contribution in [0.2, 0.25) is 0 Å². The zero-order valence-electron chi connectivity index (χ0n) is 13.1. The molecule has 0 atom stereocenters. The summed E-state index contributed by atoms with van der Waals surface area (Å²) >= 11 is 0. The third-order valence-electron chi connectivity index (χ3n) is 3.80. The van der Waals surface area contributed by atoms with Gasteiger partial charge in [0, 0.05) is 19.3 Å². The van der Waals surface area contributed by atoms with Crippen LogP contribution in [0.3, 0.4) is 0 Å². The summed E-state index contributed by atoms with van der Waals surface area (Å²) in [5.41, 5.74) is -0.851. The summed E-state index contributed by atoms with van der Waals surface area (Å²) in [6.45, 7) is 1.24. The molecule has 25 heavy (non-hydrogen) atoms. The lowest BCUT2D eigenvalue weighted by atomic mass is 10.1. The van der Waals surface area contributed by atoms with E-state index in [9.17, 15) is 20.2 Å². The van der Waals surface area contributed by atoms with Crippen molar-refractivity contribution in [2.45, 2.75) is 19.3 Å². The highest BCUT2D eigenvalue weighted by Gasteiger charge is 2.28. The summed E-state index contributed by atoms with van der Waals surface area (Å²) in [5.74, 6) is 0. The first-order valence-electron chi connectivity index (χ1n) is 7.46. The quantitative estimate of drug-likeness (QED) is 0.487. The molecule has 1 heterocycles. The van der Waals surface area contributed by atoms with E-state index in [1.165, 1.54) is 6.07 Å². The van der Waals surface area contributed by atoms with E-state index in [0.29, 0.717) is 13.1 Å². The lowest BCUT2D eigenvalue weighted by molar-refractivity contribution is -0.393. The maximum Gasteiger partial charge on any atom is 0.299 e. The van der Waals surface area contributed by atoms with E-state index >= 15 is 0 Å². The molecule has 0 radical (unpaired) electrons. The fourth-order valence-electron chi connectivity index (χ4n) is 2.61. The molecule has 0 aromatic heterocycles. The van der Waals surface area contributed by atoms with Crippen molar-refractivity contribution in [1.29, 1.82) is 10.5 Å². The van der Waals surface area contributed by atoms with Crippen LogP contribution in [0.5, 0.6) is 0 Å². The molecule has 0 aliphatic carbocycles. The normalized spacial score (nSPS) is 13.3. The average molecular weight is 342 g/mol. The fourth-order valence-corrected chi connectivity index (χ4v) is 2.61. The molecule has 1 fully saturated rings. The summed E-state index contributed by atoms with van der Waals surface area (Å²) in [7, 11) is 0. The molecular formula is C15H14N6O4. The third kappa shape index (κ3) is 4.00. The van der Waals surface area contributed by atoms with E-state index in [1.54, 1.807) is 12.1 Å². The van der Waals surface area contributed by atoms with Gasteiger partial charge in [0.25, 0.3) is 11.4 Å². The molecule has 1 saturated heterocycles. The number of nitro groups is 2. The van der Waals surface area contributed by atoms with Crippen molar-refractivity contribution < 1.29 is 9.85 Å². The van der Waals surface area contributed by atoms with Gasteiger partial charge in [0.15, 0.2) is 0 Å². The Kier molecular flexibility index (Phi) is 5.48. The molecule has 0 unspecified atom stereocenters. The van der Waals surface area contributed by atoms with Crippen molar-refractivity contribution in [1.82, 2.24) is 0 Å². The molecule has 1 aromatic carbocycles. The van der Waals surface area contributed by atoms with E-state index in [4.69, 9.17) is 10.5 Å². The van der Waals surface area contributed by atoms with Crippen molar-refractivity contribution >= 4 is 22.7 Å². The SMILES string of the molecule is N#CC(C#N)=CNc1cc(N2CCCCC2)c([N+](=O)[O-])cc1[N+](=O)[O-]. The van der Waals surface area contributed by atoms with Gasteiger partial charge < -0.3 is 10.2 Å². The van der Waals surface area contributed by atoms with Crippen LogP contribution in [-0.4, -0.2) is 22.9 Å². The van der Waals surface area contributed by atoms with Crippen LogP contribution in [0.25, 0.3) is 0 Å². The Balaban J connectivity index is 2.55. The number of allylic oxidation sites excluding steroid dienone is 1. The van der Waals surface area contributed by atoms with E-state index in [1.807, 2.05) is 4.90 Å². The maximum absolute atomic E-state index is 11.3. The van der Waals surface area contributed by atoms with E-state index < -0.39 is 15.5 Å². The Morgan fingerprint density at radius 1 is 1.08 bits per heavy atom. The van der Waals surface area contributed by atoms with Crippen molar-refractivity contribution in [2.24, 2.45) is 0 Å². The highest BCUT2D eigenvalue weighted by atomic mass is 16.6. The van der Waals surface area contributed by atoms with Gasteiger partial charge >= 0.3 is 0 Å². The number of nitrogens with one attached hydrogen (secondary N) is 1. The van der Waals surface area contributed by atoms with Gasteiger partial charge in [0.2, 0.25) is 0 Å². The number of hydrogen-bond donors (Lipinski definition) is 1. The van der Waals surface area contributed by atoms with E-state index in [-0.39, 0.29) is 22.6 Å². The molecule has 0 bridgehead atoms. The van der Waals surface area contributed by atoms with Gasteiger partial charge in [-0.25, -0.2) is 0 Å². The number of piperidine rings is 1. The Hall–Kier alpha value is -3.66. The smallest absolute Gasteiger partial charge is 0.299 e. The molecule has 10 nitrogen and oxygen atoms in total. The first-order chi connectivity index (χ1) is 12.0. The highest BCUT2D eigenvalue weighted by Crippen LogP contribution is 2.39. The highest BCUT2D eigenvalue weighted by molar-refractivity contribution is 5.78. The van der Waals surface area contributed by atoms with Crippen LogP contribution in [0.4, 0.5) is 22.7 Å². The minimum Gasteiger partial charge on any atom is -0.366 e. The summed E-state index contributed by atoms with van der Waals surface area (Å²) < 4.78 is 0. The second kappa shape index (κ2) is 7.75. The van der Waals surface area contributed by atoms with Crippen LogP contribution >= 0.6 is 0 Å². The van der Waals surface area contributed by atoms with Gasteiger partial charge in [-0.05, 0) is 25.3 Å². The zero-order valence-corrected chi connectivity index (χ0v) is 13.1. The summed E-state index contributed by atoms with van der Waals surface area (Å²) in [5, 5.41) is 42.6. The molecule has 1 aliphatic rings. The number of hydrogen-bond acceptors (Lipinski definition) is 8. The van der Waals surface area contributed by atoms with Crippen molar-refractivity contribution in [3.8, 4) is 12.1 Å². The van der Waals surface area contributed by atoms with Crippen LogP contribution in [0.15, 0.2) is 23.9 Å². The molecular weight excluding hydrogens is 328 g/mol. The number of benzene rings is 1. The standard InChI is InChI=1S/C15H14N6O4/c16-8-11(9-17)10-18-12-6-14(19-4-2-1-3-5-19)15(21(24)25)7-13(12)20(22)23/h6-7,10,18H,1-5H2. The molecule has 1 N–H and O–H groups in total. The molecule has 0 saturated carbocycles. The molecule has 0 amide bonds. The largest absolute Gasteiger partial charge is 0.366 e. The van der Waals surface area contributed by atoms with Gasteiger partial charge in [0.1, 0.15) is 29.1 Å². The topological polar surface area (TPSA) is 149 Å². The molecule has 2 rings (SSSR count). The first kappa shape index (κ1) is 17.7. The summed E-state index contributed by atoms with van der Waals surface area (Å²) in [6.07, 6.45) is 3.82. The zero-order chi connectivity index (χ0) is 18.4. The van der Waals surface area contributed by atoms with Crippen LogP contribution in [0, 0.1) is 42.9 Å². The monoisotopic (exact) mass is 342 g/mol. The summed E-state index contributed by atoms with van der Waals surface area (Å²) in [4.78, 5) is 23.0. The van der Waals surface area contributed by atoms with Gasteiger partial charge in [-0.15, -0.1) is 0 Å². The second-order valence-corrected chi connectivity index (χ2v) is 5.35. The number of anilines is 2. The number of nitro benzene ring substituents is 2. The Morgan fingerprint density at radius 3 is 2.20 bits per heavy atom. The fraction of sp³-hybridized carbons (Fsp3) is 0.333. The Labute approximate surface area is 142 Å². The third-order valence-corrected chi connectivity index (χ3v) is 3.80. The van der Waals surface area contributed by atoms with Gasteiger partial charge in [-0.2, -0.15) is 10.5 Å². The Morgan fingerprint density at radius 2 is 1.68 bits per heavy atom. The molecule has 128 valence electrons. The minimum atomic E-state index is -0.748.